The van der Waals surface area contributed by atoms with Crippen molar-refractivity contribution in [3.05, 3.63) is 0 Å². The number of amides is 1. The topological polar surface area (TPSA) is 29.5 Å². The van der Waals surface area contributed by atoms with E-state index in [1.165, 1.54) is 19.3 Å². The summed E-state index contributed by atoms with van der Waals surface area (Å²) in [5.74, 6) is 0.593. The highest BCUT2D eigenvalue weighted by Crippen LogP contribution is 2.22. The van der Waals surface area contributed by atoms with E-state index in [1.807, 2.05) is 18.7 Å². The normalized spacial score (nSPS) is 17.4. The van der Waals surface area contributed by atoms with Crippen LogP contribution in [0.1, 0.15) is 46.0 Å². The Morgan fingerprint density at radius 3 is 2.53 bits per heavy atom. The number of hydrogen-bond donors (Lipinski definition) is 0. The van der Waals surface area contributed by atoms with Crippen LogP contribution in [0.25, 0.3) is 0 Å². The molecule has 1 rings (SSSR count). The van der Waals surface area contributed by atoms with E-state index in [2.05, 4.69) is 0 Å². The maximum Gasteiger partial charge on any atom is 0.248 e. The van der Waals surface area contributed by atoms with E-state index >= 15 is 0 Å². The third kappa shape index (κ3) is 5.26. The van der Waals surface area contributed by atoms with Crippen molar-refractivity contribution in [2.45, 2.75) is 58.1 Å². The number of carbonyl (C=O) groups excluding carboxylic acids is 1. The average molecular weight is 262 g/mol. The predicted molar refractivity (Wildman–Crippen MR) is 70.4 cm³/mol. The molecular formula is C13H24ClNO2. The predicted octanol–water partition coefficient (Wildman–Crippen LogP) is 2.81. The zero-order valence-electron chi connectivity index (χ0n) is 11.0. The molecule has 0 aliphatic heterocycles. The third-order valence-electron chi connectivity index (χ3n) is 3.20. The van der Waals surface area contributed by atoms with Crippen molar-refractivity contribution < 1.29 is 9.53 Å². The molecule has 3 nitrogen and oxygen atoms in total. The lowest BCUT2D eigenvalue weighted by Crippen LogP contribution is -2.44. The summed E-state index contributed by atoms with van der Waals surface area (Å²) in [5, 5.41) is 0. The van der Waals surface area contributed by atoms with Crippen LogP contribution in [0.2, 0.25) is 0 Å². The minimum atomic E-state index is 0.0891. The molecule has 1 saturated carbocycles. The molecule has 100 valence electrons. The van der Waals surface area contributed by atoms with Gasteiger partial charge >= 0.3 is 0 Å². The standard InChI is InChI=1S/C13H24ClNO2/c1-11(2)17-10-13(16)15(9-8-14)12-6-4-3-5-7-12/h11-12H,3-10H2,1-2H3. The van der Waals surface area contributed by atoms with Gasteiger partial charge in [-0.3, -0.25) is 4.79 Å². The van der Waals surface area contributed by atoms with Gasteiger partial charge in [0.1, 0.15) is 6.61 Å². The molecule has 0 saturated heterocycles. The fraction of sp³-hybridized carbons (Fsp3) is 0.923. The molecule has 1 aliphatic carbocycles. The SMILES string of the molecule is CC(C)OCC(=O)N(CCCl)C1CCCCC1. The number of ether oxygens (including phenoxy) is 1. The average Bonchev–Trinajstić information content (AvgIpc) is 2.34. The maximum absolute atomic E-state index is 12.1. The van der Waals surface area contributed by atoms with Gasteiger partial charge in [0.25, 0.3) is 0 Å². The van der Waals surface area contributed by atoms with Gasteiger partial charge in [-0.15, -0.1) is 11.6 Å². The van der Waals surface area contributed by atoms with Gasteiger partial charge < -0.3 is 9.64 Å². The van der Waals surface area contributed by atoms with Gasteiger partial charge in [-0.1, -0.05) is 19.3 Å². The summed E-state index contributed by atoms with van der Waals surface area (Å²) < 4.78 is 5.39. The van der Waals surface area contributed by atoms with Crippen LogP contribution in [0.5, 0.6) is 0 Å². The van der Waals surface area contributed by atoms with Crippen LogP contribution < -0.4 is 0 Å². The van der Waals surface area contributed by atoms with Crippen molar-refractivity contribution in [2.24, 2.45) is 0 Å². The first-order chi connectivity index (χ1) is 8.15. The van der Waals surface area contributed by atoms with E-state index in [0.29, 0.717) is 18.5 Å². The lowest BCUT2D eigenvalue weighted by atomic mass is 9.94. The van der Waals surface area contributed by atoms with Gasteiger partial charge in [-0.05, 0) is 26.7 Å². The highest BCUT2D eigenvalue weighted by atomic mass is 35.5. The van der Waals surface area contributed by atoms with E-state index < -0.39 is 0 Å². The first-order valence-electron chi connectivity index (χ1n) is 6.62. The van der Waals surface area contributed by atoms with Crippen molar-refractivity contribution in [2.75, 3.05) is 19.0 Å². The van der Waals surface area contributed by atoms with Crippen molar-refractivity contribution in [1.29, 1.82) is 0 Å². The van der Waals surface area contributed by atoms with Crippen LogP contribution in [0.4, 0.5) is 0 Å². The van der Waals surface area contributed by atoms with Crippen LogP contribution in [0, 0.1) is 0 Å². The highest BCUT2D eigenvalue weighted by Gasteiger charge is 2.24. The summed E-state index contributed by atoms with van der Waals surface area (Å²) in [4.78, 5) is 14.0. The molecule has 4 heteroatoms. The fourth-order valence-corrected chi connectivity index (χ4v) is 2.50. The van der Waals surface area contributed by atoms with Crippen molar-refractivity contribution in [3.8, 4) is 0 Å². The Morgan fingerprint density at radius 1 is 1.35 bits per heavy atom. The quantitative estimate of drug-likeness (QED) is 0.688. The Balaban J connectivity index is 2.47. The second-order valence-corrected chi connectivity index (χ2v) is 5.31. The minimum absolute atomic E-state index is 0.0891. The molecule has 0 aromatic heterocycles. The van der Waals surface area contributed by atoms with Crippen molar-refractivity contribution >= 4 is 17.5 Å². The molecule has 0 unspecified atom stereocenters. The molecular weight excluding hydrogens is 238 g/mol. The molecule has 0 bridgehead atoms. The summed E-state index contributed by atoms with van der Waals surface area (Å²) >= 11 is 5.79. The van der Waals surface area contributed by atoms with Gasteiger partial charge in [0.2, 0.25) is 5.91 Å². The summed E-state index contributed by atoms with van der Waals surface area (Å²) in [6, 6.07) is 0.380. The number of carbonyl (C=O) groups is 1. The summed E-state index contributed by atoms with van der Waals surface area (Å²) in [6.07, 6.45) is 6.07. The summed E-state index contributed by atoms with van der Waals surface area (Å²) in [6.45, 7) is 4.72. The molecule has 0 aromatic carbocycles. The minimum Gasteiger partial charge on any atom is -0.369 e. The Kier molecular flexibility index (Phi) is 6.90. The number of alkyl halides is 1. The van der Waals surface area contributed by atoms with E-state index in [9.17, 15) is 4.79 Å². The lowest BCUT2D eigenvalue weighted by molar-refractivity contribution is -0.140. The highest BCUT2D eigenvalue weighted by molar-refractivity contribution is 6.18. The molecule has 0 heterocycles. The van der Waals surface area contributed by atoms with E-state index in [-0.39, 0.29) is 18.6 Å². The van der Waals surface area contributed by atoms with Crippen molar-refractivity contribution in [1.82, 2.24) is 4.90 Å². The molecule has 1 fully saturated rings. The third-order valence-corrected chi connectivity index (χ3v) is 3.37. The van der Waals surface area contributed by atoms with Crippen LogP contribution in [0.15, 0.2) is 0 Å². The summed E-state index contributed by atoms with van der Waals surface area (Å²) in [5.41, 5.74) is 0. The van der Waals surface area contributed by atoms with Crippen LogP contribution in [0.3, 0.4) is 0 Å². The molecule has 0 N–H and O–H groups in total. The van der Waals surface area contributed by atoms with Gasteiger partial charge in [0.15, 0.2) is 0 Å². The number of hydrogen-bond acceptors (Lipinski definition) is 2. The summed E-state index contributed by atoms with van der Waals surface area (Å²) in [7, 11) is 0. The zero-order valence-corrected chi connectivity index (χ0v) is 11.7. The molecule has 0 radical (unpaired) electrons. The van der Waals surface area contributed by atoms with E-state index in [1.54, 1.807) is 0 Å². The Labute approximate surface area is 109 Å². The first-order valence-corrected chi connectivity index (χ1v) is 7.15. The molecule has 17 heavy (non-hydrogen) atoms. The second kappa shape index (κ2) is 7.93. The Hall–Kier alpha value is -0.280. The fourth-order valence-electron chi connectivity index (χ4n) is 2.32. The Morgan fingerprint density at radius 2 is 2.00 bits per heavy atom. The number of rotatable bonds is 6. The number of nitrogens with zero attached hydrogens (tertiary/aromatic N) is 1. The maximum atomic E-state index is 12.1. The number of halogens is 1. The molecule has 0 aromatic rings. The van der Waals surface area contributed by atoms with Crippen molar-refractivity contribution in [3.63, 3.8) is 0 Å². The molecule has 1 amide bonds. The van der Waals surface area contributed by atoms with Gasteiger partial charge in [-0.2, -0.15) is 0 Å². The van der Waals surface area contributed by atoms with Gasteiger partial charge in [-0.25, -0.2) is 0 Å². The zero-order chi connectivity index (χ0) is 12.7. The molecule has 0 spiro atoms. The monoisotopic (exact) mass is 261 g/mol. The largest absolute Gasteiger partial charge is 0.369 e. The molecule has 0 atom stereocenters. The van der Waals surface area contributed by atoms with E-state index in [0.717, 1.165) is 12.8 Å². The first kappa shape index (κ1) is 14.8. The van der Waals surface area contributed by atoms with Gasteiger partial charge in [0, 0.05) is 18.5 Å². The van der Waals surface area contributed by atoms with Crippen LogP contribution in [-0.2, 0) is 9.53 Å². The second-order valence-electron chi connectivity index (χ2n) is 4.93. The van der Waals surface area contributed by atoms with Crippen LogP contribution >= 0.6 is 11.6 Å². The van der Waals surface area contributed by atoms with Gasteiger partial charge in [0.05, 0.1) is 6.10 Å². The van der Waals surface area contributed by atoms with E-state index in [4.69, 9.17) is 16.3 Å². The lowest BCUT2D eigenvalue weighted by Gasteiger charge is -2.34. The van der Waals surface area contributed by atoms with Crippen LogP contribution in [-0.4, -0.2) is 42.0 Å². The Bertz CT molecular complexity index is 227. The molecule has 1 aliphatic rings. The smallest absolute Gasteiger partial charge is 0.248 e.